The van der Waals surface area contributed by atoms with Gasteiger partial charge in [-0.05, 0) is 32.0 Å². The fourth-order valence-electron chi connectivity index (χ4n) is 3.06. The van der Waals surface area contributed by atoms with Gasteiger partial charge in [-0.25, -0.2) is 4.98 Å². The van der Waals surface area contributed by atoms with E-state index < -0.39 is 0 Å². The molecule has 0 unspecified atom stereocenters. The van der Waals surface area contributed by atoms with Crippen molar-refractivity contribution >= 4 is 43.8 Å². The van der Waals surface area contributed by atoms with Crippen LogP contribution in [-0.4, -0.2) is 22.3 Å². The molecule has 0 atom stereocenters. The molecule has 0 aliphatic heterocycles. The summed E-state index contributed by atoms with van der Waals surface area (Å²) >= 11 is 3.43. The van der Waals surface area contributed by atoms with E-state index in [-0.39, 0.29) is 5.91 Å². The van der Waals surface area contributed by atoms with Gasteiger partial charge in [-0.15, -0.1) is 11.3 Å². The number of fused-ring (bicyclic) bond motifs is 3. The van der Waals surface area contributed by atoms with Crippen LogP contribution in [0.1, 0.15) is 15.4 Å². The summed E-state index contributed by atoms with van der Waals surface area (Å²) in [6.07, 6.45) is 0.321. The van der Waals surface area contributed by atoms with E-state index in [1.165, 1.54) is 14.5 Å². The number of nitrogens with one attached hydrogen (secondary N) is 1. The first kappa shape index (κ1) is 15.4. The van der Waals surface area contributed by atoms with Crippen LogP contribution < -0.4 is 5.32 Å². The van der Waals surface area contributed by atoms with Gasteiger partial charge in [0.1, 0.15) is 0 Å². The van der Waals surface area contributed by atoms with Crippen molar-refractivity contribution in [2.75, 3.05) is 7.05 Å². The number of benzene rings is 1. The molecule has 122 valence electrons. The number of thiazole rings is 1. The molecule has 3 heterocycles. The van der Waals surface area contributed by atoms with E-state index in [0.29, 0.717) is 6.42 Å². The number of aromatic nitrogens is 2. The van der Waals surface area contributed by atoms with Gasteiger partial charge < -0.3 is 5.32 Å². The largest absolute Gasteiger partial charge is 0.359 e. The SMILES string of the molecule is CNC(=O)Cc1c(-c2cc(C)sc2C)nc2sc3ccccc3n12. The standard InChI is InChI=1S/C18H17N3OS2/c1-10-8-12(11(2)23-10)17-14(9-16(22)19-3)21-13-6-4-5-7-15(13)24-18(21)20-17/h4-8H,9H2,1-3H3,(H,19,22). The summed E-state index contributed by atoms with van der Waals surface area (Å²) in [7, 11) is 1.67. The van der Waals surface area contributed by atoms with Crippen molar-refractivity contribution in [3.8, 4) is 11.3 Å². The lowest BCUT2D eigenvalue weighted by Gasteiger charge is -2.05. The topological polar surface area (TPSA) is 46.4 Å². The number of nitrogens with zero attached hydrogens (tertiary/aromatic N) is 2. The minimum Gasteiger partial charge on any atom is -0.359 e. The highest BCUT2D eigenvalue weighted by molar-refractivity contribution is 7.23. The number of imidazole rings is 1. The average Bonchev–Trinajstić information content (AvgIpc) is 3.19. The molecule has 24 heavy (non-hydrogen) atoms. The van der Waals surface area contributed by atoms with Crippen molar-refractivity contribution in [1.29, 1.82) is 0 Å². The summed E-state index contributed by atoms with van der Waals surface area (Å²) in [4.78, 5) is 20.4. The van der Waals surface area contributed by atoms with Crippen molar-refractivity contribution in [1.82, 2.24) is 14.7 Å². The minimum atomic E-state index is -0.00191. The minimum absolute atomic E-state index is 0.00191. The summed E-state index contributed by atoms with van der Waals surface area (Å²) in [6, 6.07) is 10.4. The zero-order chi connectivity index (χ0) is 16.8. The Morgan fingerprint density at radius 1 is 1.25 bits per heavy atom. The highest BCUT2D eigenvalue weighted by atomic mass is 32.1. The average molecular weight is 355 g/mol. The van der Waals surface area contributed by atoms with Crippen molar-refractivity contribution in [2.24, 2.45) is 0 Å². The van der Waals surface area contributed by atoms with Gasteiger partial charge in [0.2, 0.25) is 5.91 Å². The first-order valence-electron chi connectivity index (χ1n) is 7.75. The molecule has 0 aliphatic carbocycles. The molecular formula is C18H17N3OS2. The maximum absolute atomic E-state index is 12.1. The number of amides is 1. The number of aryl methyl sites for hydroxylation is 2. The Balaban J connectivity index is 2.04. The molecule has 0 fully saturated rings. The number of carbonyl (C=O) groups is 1. The van der Waals surface area contributed by atoms with E-state index in [0.717, 1.165) is 27.4 Å². The summed E-state index contributed by atoms with van der Waals surface area (Å²) in [6.45, 7) is 4.22. The zero-order valence-corrected chi connectivity index (χ0v) is 15.3. The van der Waals surface area contributed by atoms with Crippen LogP contribution >= 0.6 is 22.7 Å². The monoisotopic (exact) mass is 355 g/mol. The Labute approximate surface area is 147 Å². The van der Waals surface area contributed by atoms with Crippen LogP contribution in [0.2, 0.25) is 0 Å². The first-order chi connectivity index (χ1) is 11.6. The Morgan fingerprint density at radius 3 is 2.75 bits per heavy atom. The zero-order valence-electron chi connectivity index (χ0n) is 13.7. The van der Waals surface area contributed by atoms with Gasteiger partial charge in [0.25, 0.3) is 0 Å². The van der Waals surface area contributed by atoms with Gasteiger partial charge in [0.15, 0.2) is 4.96 Å². The molecular weight excluding hydrogens is 338 g/mol. The Hall–Kier alpha value is -2.18. The van der Waals surface area contributed by atoms with E-state index in [1.807, 2.05) is 12.1 Å². The highest BCUT2D eigenvalue weighted by Gasteiger charge is 2.21. The van der Waals surface area contributed by atoms with E-state index in [1.54, 1.807) is 29.7 Å². The van der Waals surface area contributed by atoms with Crippen LogP contribution in [-0.2, 0) is 11.2 Å². The lowest BCUT2D eigenvalue weighted by molar-refractivity contribution is -0.120. The molecule has 1 N–H and O–H groups in total. The lowest BCUT2D eigenvalue weighted by atomic mass is 10.1. The number of hydrogen-bond donors (Lipinski definition) is 1. The maximum atomic E-state index is 12.1. The number of likely N-dealkylation sites (N-methyl/N-ethyl adjacent to an activating group) is 1. The van der Waals surface area contributed by atoms with E-state index in [2.05, 4.69) is 41.8 Å². The molecule has 0 aliphatic rings. The molecule has 0 saturated heterocycles. The van der Waals surface area contributed by atoms with Crippen molar-refractivity contribution in [3.05, 3.63) is 45.8 Å². The van der Waals surface area contributed by atoms with Gasteiger partial charge >= 0.3 is 0 Å². The van der Waals surface area contributed by atoms with Gasteiger partial charge in [0.05, 0.1) is 28.0 Å². The van der Waals surface area contributed by atoms with Gasteiger partial charge in [0, 0.05) is 22.4 Å². The smallest absolute Gasteiger partial charge is 0.225 e. The molecule has 4 nitrogen and oxygen atoms in total. The Kier molecular flexibility index (Phi) is 3.66. The predicted octanol–water partition coefficient (Wildman–Crippen LogP) is 4.18. The Morgan fingerprint density at radius 2 is 2.04 bits per heavy atom. The fraction of sp³-hybridized carbons (Fsp3) is 0.222. The van der Waals surface area contributed by atoms with Gasteiger partial charge in [-0.2, -0.15) is 0 Å². The Bertz CT molecular complexity index is 1070. The molecule has 0 spiro atoms. The molecule has 4 aromatic rings. The van der Waals surface area contributed by atoms with E-state index >= 15 is 0 Å². The second-order valence-electron chi connectivity index (χ2n) is 5.77. The van der Waals surface area contributed by atoms with Crippen LogP contribution in [0.25, 0.3) is 26.4 Å². The molecule has 6 heteroatoms. The molecule has 1 amide bonds. The second kappa shape index (κ2) is 5.72. The van der Waals surface area contributed by atoms with Crippen LogP contribution in [0.15, 0.2) is 30.3 Å². The van der Waals surface area contributed by atoms with Crippen molar-refractivity contribution in [2.45, 2.75) is 20.3 Å². The van der Waals surface area contributed by atoms with Crippen LogP contribution in [0.5, 0.6) is 0 Å². The quantitative estimate of drug-likeness (QED) is 0.599. The molecule has 1 aromatic carbocycles. The van der Waals surface area contributed by atoms with Gasteiger partial charge in [-0.1, -0.05) is 23.5 Å². The van der Waals surface area contributed by atoms with Crippen molar-refractivity contribution < 1.29 is 4.79 Å². The summed E-state index contributed by atoms with van der Waals surface area (Å²) < 4.78 is 3.32. The van der Waals surface area contributed by atoms with Crippen molar-refractivity contribution in [3.63, 3.8) is 0 Å². The number of carbonyl (C=O) groups excluding carboxylic acids is 1. The van der Waals surface area contributed by atoms with E-state index in [9.17, 15) is 4.79 Å². The third kappa shape index (κ3) is 2.34. The lowest BCUT2D eigenvalue weighted by Crippen LogP contribution is -2.21. The number of para-hydroxylation sites is 1. The number of hydrogen-bond acceptors (Lipinski definition) is 4. The molecule has 0 saturated carbocycles. The molecule has 0 bridgehead atoms. The van der Waals surface area contributed by atoms with Gasteiger partial charge in [-0.3, -0.25) is 9.20 Å². The third-order valence-electron chi connectivity index (χ3n) is 4.15. The molecule has 3 aromatic heterocycles. The molecule has 0 radical (unpaired) electrons. The normalized spacial score (nSPS) is 11.5. The first-order valence-corrected chi connectivity index (χ1v) is 9.38. The predicted molar refractivity (Wildman–Crippen MR) is 101 cm³/mol. The number of thiophene rings is 1. The second-order valence-corrected chi connectivity index (χ2v) is 8.24. The summed E-state index contributed by atoms with van der Waals surface area (Å²) in [5.74, 6) is -0.00191. The van der Waals surface area contributed by atoms with Crippen LogP contribution in [0, 0.1) is 13.8 Å². The highest BCUT2D eigenvalue weighted by Crippen LogP contribution is 2.36. The fourth-order valence-corrected chi connectivity index (χ4v) is 5.03. The number of rotatable bonds is 3. The third-order valence-corrected chi connectivity index (χ3v) is 6.14. The summed E-state index contributed by atoms with van der Waals surface area (Å²) in [5, 5.41) is 2.73. The van der Waals surface area contributed by atoms with Crippen LogP contribution in [0.4, 0.5) is 0 Å². The summed E-state index contributed by atoms with van der Waals surface area (Å²) in [5.41, 5.74) is 4.14. The maximum Gasteiger partial charge on any atom is 0.225 e. The molecule has 4 rings (SSSR count). The van der Waals surface area contributed by atoms with E-state index in [4.69, 9.17) is 4.98 Å². The van der Waals surface area contributed by atoms with Crippen LogP contribution in [0.3, 0.4) is 0 Å².